The number of rotatable bonds is 7. The molecular formula is C18H26O2Si. The van der Waals surface area contributed by atoms with Gasteiger partial charge in [-0.15, -0.1) is 0 Å². The van der Waals surface area contributed by atoms with E-state index >= 15 is 0 Å². The van der Waals surface area contributed by atoms with E-state index in [-0.39, 0.29) is 6.10 Å². The molecule has 0 radical (unpaired) electrons. The van der Waals surface area contributed by atoms with E-state index in [1.807, 2.05) is 6.26 Å². The molecule has 2 rings (SSSR count). The second-order valence-corrected chi connectivity index (χ2v) is 11.6. The molecule has 0 saturated carbocycles. The molecule has 0 aliphatic rings. The quantitative estimate of drug-likeness (QED) is 0.701. The topological polar surface area (TPSA) is 22.4 Å². The van der Waals surface area contributed by atoms with Crippen molar-refractivity contribution in [2.45, 2.75) is 45.0 Å². The van der Waals surface area contributed by atoms with Gasteiger partial charge >= 0.3 is 0 Å². The lowest BCUT2D eigenvalue weighted by Gasteiger charge is -2.14. The van der Waals surface area contributed by atoms with Crippen LogP contribution in [0.1, 0.15) is 30.1 Å². The Labute approximate surface area is 129 Å². The zero-order valence-corrected chi connectivity index (χ0v) is 14.6. The van der Waals surface area contributed by atoms with E-state index in [9.17, 15) is 0 Å². The molecule has 1 heterocycles. The van der Waals surface area contributed by atoms with Crippen molar-refractivity contribution < 1.29 is 9.15 Å². The number of ether oxygens (including phenoxy) is 1. The normalized spacial score (nSPS) is 13.3. The first-order valence-electron chi connectivity index (χ1n) is 7.66. The van der Waals surface area contributed by atoms with Crippen molar-refractivity contribution in [3.05, 3.63) is 53.8 Å². The van der Waals surface area contributed by atoms with Crippen LogP contribution in [0.25, 0.3) is 0 Å². The van der Waals surface area contributed by atoms with Crippen LogP contribution >= 0.6 is 0 Å². The molecule has 21 heavy (non-hydrogen) atoms. The molecule has 2 aromatic rings. The fourth-order valence-corrected chi connectivity index (χ4v) is 3.48. The maximum absolute atomic E-state index is 5.76. The molecule has 0 saturated heterocycles. The number of aryl methyl sites for hydroxylation is 1. The Hall–Kier alpha value is -1.32. The summed E-state index contributed by atoms with van der Waals surface area (Å²) in [6.07, 6.45) is 5.26. The van der Waals surface area contributed by atoms with E-state index in [4.69, 9.17) is 9.15 Å². The van der Waals surface area contributed by atoms with Gasteiger partial charge in [-0.1, -0.05) is 50.0 Å². The molecule has 0 bridgehead atoms. The predicted octanol–water partition coefficient (Wildman–Crippen LogP) is 4.54. The van der Waals surface area contributed by atoms with Gasteiger partial charge in [0.1, 0.15) is 8.07 Å². The molecule has 1 aromatic carbocycles. The van der Waals surface area contributed by atoms with Gasteiger partial charge in [-0.05, 0) is 30.9 Å². The average molecular weight is 302 g/mol. The molecule has 3 heteroatoms. The highest BCUT2D eigenvalue weighted by atomic mass is 28.3. The van der Waals surface area contributed by atoms with Crippen molar-refractivity contribution in [3.8, 4) is 0 Å². The van der Waals surface area contributed by atoms with Crippen LogP contribution in [0.4, 0.5) is 0 Å². The zero-order chi connectivity index (χ0) is 15.3. The van der Waals surface area contributed by atoms with E-state index in [2.05, 4.69) is 56.0 Å². The molecule has 114 valence electrons. The summed E-state index contributed by atoms with van der Waals surface area (Å²) in [6.45, 7) is 6.90. The van der Waals surface area contributed by atoms with E-state index in [0.717, 1.165) is 24.6 Å². The Balaban J connectivity index is 1.92. The van der Waals surface area contributed by atoms with Crippen molar-refractivity contribution in [1.29, 1.82) is 0 Å². The van der Waals surface area contributed by atoms with Gasteiger partial charge in [0.05, 0.1) is 17.8 Å². The summed E-state index contributed by atoms with van der Waals surface area (Å²) in [7, 11) is 0.409. The lowest BCUT2D eigenvalue weighted by molar-refractivity contribution is 0.0933. The maximum atomic E-state index is 5.76. The summed E-state index contributed by atoms with van der Waals surface area (Å²) in [6, 6.07) is 12.8. The predicted molar refractivity (Wildman–Crippen MR) is 90.8 cm³/mol. The van der Waals surface area contributed by atoms with E-state index < -0.39 is 8.07 Å². The summed E-state index contributed by atoms with van der Waals surface area (Å²) in [4.78, 5) is 0. The second-order valence-electron chi connectivity index (χ2n) is 6.60. The maximum Gasteiger partial charge on any atom is 0.123 e. The van der Waals surface area contributed by atoms with Crippen molar-refractivity contribution in [2.24, 2.45) is 0 Å². The van der Waals surface area contributed by atoms with Crippen molar-refractivity contribution in [3.63, 3.8) is 0 Å². The summed E-state index contributed by atoms with van der Waals surface area (Å²) >= 11 is 0. The third kappa shape index (κ3) is 4.58. The highest BCUT2D eigenvalue weighted by Crippen LogP contribution is 2.23. The summed E-state index contributed by atoms with van der Waals surface area (Å²) < 4.78 is 11.4. The summed E-state index contributed by atoms with van der Waals surface area (Å²) in [5, 5.41) is 1.16. The smallest absolute Gasteiger partial charge is 0.123 e. The fourth-order valence-electron chi connectivity index (χ4n) is 2.47. The Morgan fingerprint density at radius 1 is 1.14 bits per heavy atom. The molecule has 1 aromatic heterocycles. The van der Waals surface area contributed by atoms with Gasteiger partial charge in [-0.3, -0.25) is 0 Å². The SMILES string of the molecule is COC(CCCc1ccccc1)c1coc([Si](C)(C)C)c1. The molecule has 0 aliphatic heterocycles. The van der Waals surface area contributed by atoms with Gasteiger partial charge in [0, 0.05) is 12.7 Å². The van der Waals surface area contributed by atoms with Crippen LogP contribution in [0.5, 0.6) is 0 Å². The lowest BCUT2D eigenvalue weighted by atomic mass is 10.0. The van der Waals surface area contributed by atoms with Crippen LogP contribution in [-0.2, 0) is 11.2 Å². The van der Waals surface area contributed by atoms with Gasteiger partial charge < -0.3 is 9.15 Å². The molecule has 0 aliphatic carbocycles. The van der Waals surface area contributed by atoms with E-state index in [1.54, 1.807) is 7.11 Å². The first-order chi connectivity index (χ1) is 10.0. The largest absolute Gasteiger partial charge is 0.474 e. The summed E-state index contributed by atoms with van der Waals surface area (Å²) in [5.41, 5.74) is 2.57. The first kappa shape index (κ1) is 16.1. The lowest BCUT2D eigenvalue weighted by Crippen LogP contribution is -2.36. The van der Waals surface area contributed by atoms with Crippen LogP contribution in [-0.4, -0.2) is 15.2 Å². The van der Waals surface area contributed by atoms with Gasteiger partial charge in [-0.2, -0.15) is 0 Å². The second kappa shape index (κ2) is 7.10. The van der Waals surface area contributed by atoms with Crippen LogP contribution in [0.15, 0.2) is 47.1 Å². The minimum absolute atomic E-state index is 0.141. The van der Waals surface area contributed by atoms with Crippen LogP contribution in [0, 0.1) is 0 Å². The van der Waals surface area contributed by atoms with Gasteiger partial charge in [0.2, 0.25) is 0 Å². The molecular weight excluding hydrogens is 276 g/mol. The minimum Gasteiger partial charge on any atom is -0.474 e. The molecule has 0 spiro atoms. The highest BCUT2D eigenvalue weighted by Gasteiger charge is 2.23. The first-order valence-corrected chi connectivity index (χ1v) is 11.2. The van der Waals surface area contributed by atoms with Crippen LogP contribution in [0.2, 0.25) is 19.6 Å². The molecule has 1 unspecified atom stereocenters. The summed E-state index contributed by atoms with van der Waals surface area (Å²) in [5.74, 6) is 0. The van der Waals surface area contributed by atoms with Crippen LogP contribution in [0.3, 0.4) is 0 Å². The molecule has 0 fully saturated rings. The van der Waals surface area contributed by atoms with Gasteiger partial charge in [0.15, 0.2) is 0 Å². The molecule has 0 N–H and O–H groups in total. The number of hydrogen-bond donors (Lipinski definition) is 0. The Morgan fingerprint density at radius 3 is 2.43 bits per heavy atom. The van der Waals surface area contributed by atoms with Gasteiger partial charge in [0.25, 0.3) is 0 Å². The van der Waals surface area contributed by atoms with E-state index in [1.165, 1.54) is 11.1 Å². The number of benzene rings is 1. The zero-order valence-electron chi connectivity index (χ0n) is 13.6. The molecule has 1 atom stereocenters. The number of hydrogen-bond acceptors (Lipinski definition) is 2. The number of furan rings is 1. The fraction of sp³-hybridized carbons (Fsp3) is 0.444. The van der Waals surface area contributed by atoms with Crippen molar-refractivity contribution in [2.75, 3.05) is 7.11 Å². The average Bonchev–Trinajstić information content (AvgIpc) is 2.94. The third-order valence-corrected chi connectivity index (χ3v) is 5.53. The Morgan fingerprint density at radius 2 is 1.86 bits per heavy atom. The Bertz CT molecular complexity index is 540. The molecule has 0 amide bonds. The molecule has 2 nitrogen and oxygen atoms in total. The van der Waals surface area contributed by atoms with Crippen LogP contribution < -0.4 is 5.38 Å². The van der Waals surface area contributed by atoms with Crippen molar-refractivity contribution in [1.82, 2.24) is 0 Å². The Kier molecular flexibility index (Phi) is 5.43. The highest BCUT2D eigenvalue weighted by molar-refractivity contribution is 6.87. The van der Waals surface area contributed by atoms with Crippen molar-refractivity contribution >= 4 is 13.5 Å². The minimum atomic E-state index is -1.38. The standard InChI is InChI=1S/C18H26O2Si/c1-19-17(12-8-11-15-9-6-5-7-10-15)16-13-18(20-14-16)21(2,3)4/h5-7,9-10,13-14,17H,8,11-12H2,1-4H3. The monoisotopic (exact) mass is 302 g/mol. The van der Waals surface area contributed by atoms with Gasteiger partial charge in [-0.25, -0.2) is 0 Å². The number of methoxy groups -OCH3 is 1. The van der Waals surface area contributed by atoms with E-state index in [0.29, 0.717) is 0 Å². The third-order valence-electron chi connectivity index (χ3n) is 3.79.